The largest absolute Gasteiger partial charge is 0.309 e. The van der Waals surface area contributed by atoms with Crippen molar-refractivity contribution < 1.29 is 0 Å². The van der Waals surface area contributed by atoms with E-state index >= 15 is 0 Å². The first kappa shape index (κ1) is 28.3. The van der Waals surface area contributed by atoms with E-state index in [0.717, 1.165) is 23.3 Å². The SMILES string of the molecule is C=C1Cc2cc(-n3c4cccc5c4c4c6c(cccc6ccc43)-c3ccccc3-5)c3ccccc3c2C(c2ccccc2)=NC1c1ccccc1. The smallest absolute Gasteiger partial charge is 0.0967 e. The number of benzene rings is 8. The Labute approximate surface area is 296 Å². The summed E-state index contributed by atoms with van der Waals surface area (Å²) in [5, 5.41) is 7.65. The molecule has 0 radical (unpaired) electrons. The predicted octanol–water partition coefficient (Wildman–Crippen LogP) is 12.4. The molecule has 238 valence electrons. The van der Waals surface area contributed by atoms with Crippen LogP contribution in [0.3, 0.4) is 0 Å². The van der Waals surface area contributed by atoms with Crippen molar-refractivity contribution >= 4 is 49.1 Å². The zero-order chi connectivity index (χ0) is 33.6. The third-order valence-electron chi connectivity index (χ3n) is 11.1. The van der Waals surface area contributed by atoms with Crippen LogP contribution in [0.25, 0.3) is 71.3 Å². The third-order valence-corrected chi connectivity index (χ3v) is 11.1. The lowest BCUT2D eigenvalue weighted by atomic mass is 9.88. The van der Waals surface area contributed by atoms with Gasteiger partial charge in [-0.05, 0) is 79.7 Å². The van der Waals surface area contributed by atoms with E-state index in [1.165, 1.54) is 88.0 Å². The fourth-order valence-electron chi connectivity index (χ4n) is 8.99. The molecule has 1 aliphatic heterocycles. The molecule has 1 aliphatic carbocycles. The molecule has 2 aliphatic rings. The van der Waals surface area contributed by atoms with E-state index in [2.05, 4.69) is 168 Å². The lowest BCUT2D eigenvalue weighted by molar-refractivity contribution is 0.828. The normalized spacial score (nSPS) is 14.9. The molecular formula is C49H32N2. The fraction of sp³-hybridized carbons (Fsp3) is 0.0408. The molecule has 0 fully saturated rings. The van der Waals surface area contributed by atoms with E-state index in [9.17, 15) is 0 Å². The highest BCUT2D eigenvalue weighted by molar-refractivity contribution is 6.31. The van der Waals surface area contributed by atoms with Crippen molar-refractivity contribution in [2.45, 2.75) is 12.5 Å². The van der Waals surface area contributed by atoms with Gasteiger partial charge in [0.2, 0.25) is 0 Å². The second-order valence-corrected chi connectivity index (χ2v) is 13.9. The van der Waals surface area contributed by atoms with Gasteiger partial charge < -0.3 is 4.57 Å². The van der Waals surface area contributed by atoms with Gasteiger partial charge in [-0.1, -0.05) is 152 Å². The molecule has 2 heteroatoms. The molecule has 2 heterocycles. The van der Waals surface area contributed by atoms with Gasteiger partial charge in [0.1, 0.15) is 0 Å². The first-order valence-electron chi connectivity index (χ1n) is 17.7. The van der Waals surface area contributed by atoms with E-state index < -0.39 is 0 Å². The van der Waals surface area contributed by atoms with Gasteiger partial charge in [0.25, 0.3) is 0 Å². The first-order chi connectivity index (χ1) is 25.2. The number of aliphatic imine (C=N–C) groups is 1. The predicted molar refractivity (Wildman–Crippen MR) is 214 cm³/mol. The summed E-state index contributed by atoms with van der Waals surface area (Å²) in [5.41, 5.74) is 15.6. The van der Waals surface area contributed by atoms with Crippen LogP contribution in [0.4, 0.5) is 0 Å². The Kier molecular flexibility index (Phi) is 5.97. The van der Waals surface area contributed by atoms with Crippen molar-refractivity contribution in [1.29, 1.82) is 0 Å². The average Bonchev–Trinajstić information content (AvgIpc) is 3.37. The van der Waals surface area contributed by atoms with E-state index in [0.29, 0.717) is 0 Å². The second-order valence-electron chi connectivity index (χ2n) is 13.9. The van der Waals surface area contributed by atoms with E-state index in [1.807, 2.05) is 0 Å². The monoisotopic (exact) mass is 648 g/mol. The zero-order valence-electron chi connectivity index (χ0n) is 28.0. The number of nitrogens with zero attached hydrogens (tertiary/aromatic N) is 2. The Morgan fingerprint density at radius 3 is 1.94 bits per heavy atom. The maximum absolute atomic E-state index is 5.58. The van der Waals surface area contributed by atoms with E-state index in [4.69, 9.17) is 11.6 Å². The topological polar surface area (TPSA) is 17.3 Å². The van der Waals surface area contributed by atoms with Crippen LogP contribution in [0.2, 0.25) is 0 Å². The Morgan fingerprint density at radius 1 is 0.529 bits per heavy atom. The molecule has 2 nitrogen and oxygen atoms in total. The molecule has 51 heavy (non-hydrogen) atoms. The Hall–Kier alpha value is -6.51. The van der Waals surface area contributed by atoms with Gasteiger partial charge in [0, 0.05) is 27.3 Å². The van der Waals surface area contributed by atoms with Crippen LogP contribution in [0.15, 0.2) is 181 Å². The van der Waals surface area contributed by atoms with Gasteiger partial charge in [-0.15, -0.1) is 0 Å². The summed E-state index contributed by atoms with van der Waals surface area (Å²) in [6.07, 6.45) is 0.732. The van der Waals surface area contributed by atoms with Gasteiger partial charge in [0.15, 0.2) is 0 Å². The van der Waals surface area contributed by atoms with Crippen LogP contribution in [0.1, 0.15) is 28.3 Å². The summed E-state index contributed by atoms with van der Waals surface area (Å²) < 4.78 is 2.53. The molecule has 1 atom stereocenters. The quantitative estimate of drug-likeness (QED) is 0.170. The van der Waals surface area contributed by atoms with E-state index in [1.54, 1.807) is 0 Å². The molecule has 0 spiro atoms. The first-order valence-corrected chi connectivity index (χ1v) is 17.7. The molecular weight excluding hydrogens is 617 g/mol. The van der Waals surface area contributed by atoms with Gasteiger partial charge in [-0.2, -0.15) is 0 Å². The standard InChI is InChI=1S/C49H32N2/c1-30-28-34-29-43(37-21-10-11-22-40(37)45(34)49(33-16-6-3-7-17-33)50-48(30)32-14-4-2-5-15-32)51-41-25-13-24-39-36-20-9-8-19-35(36)38-23-12-18-31-26-27-42(51)47(44(31)38)46(39)41/h2-27,29,48H,1,28H2. The molecule has 9 aromatic rings. The van der Waals surface area contributed by atoms with Crippen LogP contribution in [-0.2, 0) is 6.42 Å². The molecule has 0 bridgehead atoms. The minimum absolute atomic E-state index is 0.144. The lowest BCUT2D eigenvalue weighted by Crippen LogP contribution is -2.09. The lowest BCUT2D eigenvalue weighted by Gasteiger charge is -2.19. The molecule has 1 aromatic heterocycles. The average molecular weight is 649 g/mol. The Bertz CT molecular complexity index is 2950. The Balaban J connectivity index is 1.26. The van der Waals surface area contributed by atoms with Crippen molar-refractivity contribution in [3.63, 3.8) is 0 Å². The number of rotatable bonds is 3. The van der Waals surface area contributed by atoms with Crippen molar-refractivity contribution in [3.05, 3.63) is 198 Å². The molecule has 1 unspecified atom stereocenters. The molecule has 0 amide bonds. The van der Waals surface area contributed by atoms with Crippen molar-refractivity contribution in [3.8, 4) is 27.9 Å². The van der Waals surface area contributed by atoms with Gasteiger partial charge in [-0.25, -0.2) is 0 Å². The maximum Gasteiger partial charge on any atom is 0.0967 e. The van der Waals surface area contributed by atoms with Crippen LogP contribution in [-0.4, -0.2) is 10.3 Å². The zero-order valence-corrected chi connectivity index (χ0v) is 28.0. The summed E-state index contributed by atoms with van der Waals surface area (Å²) in [7, 11) is 0. The van der Waals surface area contributed by atoms with Crippen molar-refractivity contribution in [2.75, 3.05) is 0 Å². The number of fused-ring (bicyclic) bond motifs is 6. The Morgan fingerprint density at radius 2 is 1.16 bits per heavy atom. The maximum atomic E-state index is 5.58. The van der Waals surface area contributed by atoms with Crippen LogP contribution < -0.4 is 0 Å². The van der Waals surface area contributed by atoms with Gasteiger partial charge in [0.05, 0.1) is 28.5 Å². The summed E-state index contributed by atoms with van der Waals surface area (Å²) in [6.45, 7) is 4.70. The van der Waals surface area contributed by atoms with Crippen molar-refractivity contribution in [1.82, 2.24) is 4.57 Å². The molecule has 0 N–H and O–H groups in total. The summed E-state index contributed by atoms with van der Waals surface area (Å²) in [5.74, 6) is 0. The fourth-order valence-corrected chi connectivity index (χ4v) is 8.99. The van der Waals surface area contributed by atoms with Gasteiger partial charge >= 0.3 is 0 Å². The highest BCUT2D eigenvalue weighted by Gasteiger charge is 2.29. The number of hydrogen-bond donors (Lipinski definition) is 0. The van der Waals surface area contributed by atoms with Gasteiger partial charge in [-0.3, -0.25) is 4.99 Å². The molecule has 8 aromatic carbocycles. The van der Waals surface area contributed by atoms with E-state index in [-0.39, 0.29) is 6.04 Å². The number of hydrogen-bond acceptors (Lipinski definition) is 1. The summed E-state index contributed by atoms with van der Waals surface area (Å²) in [4.78, 5) is 5.58. The molecule has 0 saturated carbocycles. The second kappa shape index (κ2) is 10.7. The highest BCUT2D eigenvalue weighted by Crippen LogP contribution is 2.50. The minimum Gasteiger partial charge on any atom is -0.309 e. The minimum atomic E-state index is -0.144. The third kappa shape index (κ3) is 4.02. The van der Waals surface area contributed by atoms with Crippen LogP contribution in [0.5, 0.6) is 0 Å². The summed E-state index contributed by atoms with van der Waals surface area (Å²) >= 11 is 0. The summed E-state index contributed by atoms with van der Waals surface area (Å²) in [6, 6.07) is 59.7. The van der Waals surface area contributed by atoms with Crippen molar-refractivity contribution in [2.24, 2.45) is 4.99 Å². The highest BCUT2D eigenvalue weighted by atomic mass is 15.0. The van der Waals surface area contributed by atoms with Crippen LogP contribution in [0, 0.1) is 0 Å². The van der Waals surface area contributed by atoms with Crippen LogP contribution >= 0.6 is 0 Å². The number of aromatic nitrogens is 1. The molecule has 11 rings (SSSR count). The molecule has 0 saturated heterocycles.